The van der Waals surface area contributed by atoms with Crippen molar-refractivity contribution < 1.29 is 38.2 Å². The fraction of sp³-hybridized carbons (Fsp3) is 0.476. The summed E-state index contributed by atoms with van der Waals surface area (Å²) in [7, 11) is 0. The number of benzene rings is 1. The van der Waals surface area contributed by atoms with Gasteiger partial charge in [0.1, 0.15) is 18.7 Å². The van der Waals surface area contributed by atoms with E-state index in [4.69, 9.17) is 9.47 Å². The van der Waals surface area contributed by atoms with Crippen LogP contribution < -0.4 is 14.5 Å². The van der Waals surface area contributed by atoms with Crippen molar-refractivity contribution in [2.75, 3.05) is 62.3 Å². The third kappa shape index (κ3) is 5.01. The average molecular weight is 464 g/mol. The number of anilines is 2. The molecule has 2 aliphatic rings. The van der Waals surface area contributed by atoms with Crippen molar-refractivity contribution in [3.63, 3.8) is 0 Å². The Morgan fingerprint density at radius 1 is 1.21 bits per heavy atom. The van der Waals surface area contributed by atoms with E-state index in [0.29, 0.717) is 37.6 Å². The zero-order valence-corrected chi connectivity index (χ0v) is 17.8. The summed E-state index contributed by atoms with van der Waals surface area (Å²) in [5.74, 6) is -1.36. The Balaban J connectivity index is 1.34. The van der Waals surface area contributed by atoms with Gasteiger partial charge in [0, 0.05) is 32.2 Å². The molecule has 2 aliphatic heterocycles. The molecule has 0 bridgehead atoms. The Hall–Kier alpha value is -3.38. The second-order valence-electron chi connectivity index (χ2n) is 7.78. The highest BCUT2D eigenvalue weighted by atomic mass is 19.1. The van der Waals surface area contributed by atoms with Gasteiger partial charge in [-0.2, -0.15) is 0 Å². The van der Waals surface area contributed by atoms with Crippen molar-refractivity contribution in [2.24, 2.45) is 5.92 Å². The highest BCUT2D eigenvalue weighted by Gasteiger charge is 2.34. The zero-order valence-electron chi connectivity index (χ0n) is 17.8. The van der Waals surface area contributed by atoms with Crippen LogP contribution >= 0.6 is 0 Å². The Bertz CT molecular complexity index is 962. The number of aromatic nitrogens is 1. The van der Waals surface area contributed by atoms with E-state index >= 15 is 0 Å². The second-order valence-corrected chi connectivity index (χ2v) is 7.78. The number of amides is 2. The minimum atomic E-state index is -0.835. The first-order valence-electron chi connectivity index (χ1n) is 10.6. The average Bonchev–Trinajstić information content (AvgIpc) is 3.48. The largest absolute Gasteiger partial charge is 0.471 e. The van der Waals surface area contributed by atoms with E-state index in [-0.39, 0.29) is 24.9 Å². The molecule has 2 amide bonds. The van der Waals surface area contributed by atoms with Crippen LogP contribution in [0.1, 0.15) is 0 Å². The maximum Gasteiger partial charge on any atom is 0.414 e. The Kier molecular flexibility index (Phi) is 6.94. The molecule has 178 valence electrons. The van der Waals surface area contributed by atoms with Gasteiger partial charge in [-0.15, -0.1) is 0 Å². The molecule has 3 heterocycles. The molecule has 2 N–H and O–H groups in total. The van der Waals surface area contributed by atoms with E-state index in [9.17, 15) is 24.2 Å². The molecule has 0 unspecified atom stereocenters. The standard InChI is InChI=1S/C21H25FN4O7/c22-17-9-15(26-10-16(33-21(26)30)13-31-19-3-8-32-23-19)1-2-18(17)24-4-6-25(7-5-24)20(29)14(11-27)12-28/h1-3,8-9,14,16,27-28H,4-7,10-13H2/t16-/m1/s1. The van der Waals surface area contributed by atoms with Crippen LogP contribution in [0.15, 0.2) is 35.1 Å². The molecule has 1 aromatic carbocycles. The number of hydrogen-bond donors (Lipinski definition) is 2. The number of carbonyl (C=O) groups excluding carboxylic acids is 2. The van der Waals surface area contributed by atoms with Gasteiger partial charge in [0.15, 0.2) is 6.10 Å². The van der Waals surface area contributed by atoms with Crippen molar-refractivity contribution in [2.45, 2.75) is 6.10 Å². The number of carbonyl (C=O) groups is 2. The first-order chi connectivity index (χ1) is 16.0. The van der Waals surface area contributed by atoms with Crippen LogP contribution in [-0.2, 0) is 9.53 Å². The molecule has 0 aliphatic carbocycles. The van der Waals surface area contributed by atoms with Gasteiger partial charge in [0.05, 0.1) is 37.1 Å². The van der Waals surface area contributed by atoms with Crippen molar-refractivity contribution in [3.05, 3.63) is 36.3 Å². The first kappa shape index (κ1) is 22.8. The summed E-state index contributed by atoms with van der Waals surface area (Å²) in [5, 5.41) is 22.0. The molecule has 33 heavy (non-hydrogen) atoms. The lowest BCUT2D eigenvalue weighted by molar-refractivity contribution is -0.138. The molecule has 12 heteroatoms. The Morgan fingerprint density at radius 3 is 2.61 bits per heavy atom. The van der Waals surface area contributed by atoms with Crippen molar-refractivity contribution >= 4 is 23.4 Å². The molecular weight excluding hydrogens is 439 g/mol. The predicted octanol–water partition coefficient (Wildman–Crippen LogP) is 0.467. The molecule has 0 saturated carbocycles. The molecule has 2 saturated heterocycles. The van der Waals surface area contributed by atoms with E-state index in [1.807, 2.05) is 4.90 Å². The number of ether oxygens (including phenoxy) is 2. The smallest absolute Gasteiger partial charge is 0.414 e. The zero-order chi connectivity index (χ0) is 23.4. The van der Waals surface area contributed by atoms with Gasteiger partial charge in [-0.3, -0.25) is 9.69 Å². The molecule has 11 nitrogen and oxygen atoms in total. The molecular formula is C21H25FN4O7. The summed E-state index contributed by atoms with van der Waals surface area (Å²) in [6, 6.07) is 6.06. The summed E-state index contributed by atoms with van der Waals surface area (Å²) in [6.45, 7) is 0.955. The maximum absolute atomic E-state index is 14.9. The Morgan fingerprint density at radius 2 is 1.97 bits per heavy atom. The third-order valence-electron chi connectivity index (χ3n) is 5.67. The lowest BCUT2D eigenvalue weighted by atomic mass is 10.1. The van der Waals surface area contributed by atoms with Gasteiger partial charge in [-0.05, 0) is 23.4 Å². The monoisotopic (exact) mass is 464 g/mol. The van der Waals surface area contributed by atoms with Crippen molar-refractivity contribution in [3.8, 4) is 5.88 Å². The number of cyclic esters (lactones) is 1. The molecule has 4 rings (SSSR count). The normalized spacial score (nSPS) is 18.7. The highest BCUT2D eigenvalue weighted by Crippen LogP contribution is 2.29. The topological polar surface area (TPSA) is 129 Å². The summed E-state index contributed by atoms with van der Waals surface area (Å²) in [6.07, 6.45) is 0.236. The van der Waals surface area contributed by atoms with Gasteiger partial charge >= 0.3 is 6.09 Å². The summed E-state index contributed by atoms with van der Waals surface area (Å²) >= 11 is 0. The van der Waals surface area contributed by atoms with Crippen molar-refractivity contribution in [1.82, 2.24) is 10.1 Å². The van der Waals surface area contributed by atoms with E-state index in [1.54, 1.807) is 17.0 Å². The lowest BCUT2D eigenvalue weighted by Gasteiger charge is -2.37. The summed E-state index contributed by atoms with van der Waals surface area (Å²) in [4.78, 5) is 29.2. The van der Waals surface area contributed by atoms with Gasteiger partial charge in [-0.25, -0.2) is 9.18 Å². The number of hydrogen-bond acceptors (Lipinski definition) is 9. The third-order valence-corrected chi connectivity index (χ3v) is 5.67. The van der Waals surface area contributed by atoms with Crippen LogP contribution in [0.3, 0.4) is 0 Å². The maximum atomic E-state index is 14.9. The van der Waals surface area contributed by atoms with E-state index in [2.05, 4.69) is 9.68 Å². The molecule has 2 aromatic rings. The molecule has 1 atom stereocenters. The van der Waals surface area contributed by atoms with Gasteiger partial charge in [-0.1, -0.05) is 0 Å². The number of aliphatic hydroxyl groups is 2. The van der Waals surface area contributed by atoms with Crippen LogP contribution in [0, 0.1) is 11.7 Å². The Labute approximate surface area is 188 Å². The lowest BCUT2D eigenvalue weighted by Crippen LogP contribution is -2.51. The van der Waals surface area contributed by atoms with Crippen LogP contribution in [-0.4, -0.2) is 90.9 Å². The van der Waals surface area contributed by atoms with Gasteiger partial charge < -0.3 is 34.0 Å². The number of piperazine rings is 1. The van der Waals surface area contributed by atoms with Gasteiger partial charge in [0.2, 0.25) is 5.91 Å². The quantitative estimate of drug-likeness (QED) is 0.573. The van der Waals surface area contributed by atoms with E-state index in [1.165, 1.54) is 23.3 Å². The SMILES string of the molecule is O=C(C(CO)CO)N1CCN(c2ccc(N3C[C@H](COc4ccon4)OC3=O)cc2F)CC1. The summed E-state index contributed by atoms with van der Waals surface area (Å²) < 4.78 is 30.3. The van der Waals surface area contributed by atoms with E-state index in [0.717, 1.165) is 0 Å². The fourth-order valence-electron chi connectivity index (χ4n) is 3.83. The van der Waals surface area contributed by atoms with Crippen LogP contribution in [0.4, 0.5) is 20.6 Å². The number of rotatable bonds is 8. The van der Waals surface area contributed by atoms with Crippen LogP contribution in [0.25, 0.3) is 0 Å². The van der Waals surface area contributed by atoms with E-state index < -0.39 is 37.1 Å². The number of aliphatic hydroxyl groups excluding tert-OH is 2. The first-order valence-corrected chi connectivity index (χ1v) is 10.6. The molecule has 2 fully saturated rings. The van der Waals surface area contributed by atoms with Crippen LogP contribution in [0.2, 0.25) is 0 Å². The highest BCUT2D eigenvalue weighted by molar-refractivity contribution is 5.90. The van der Waals surface area contributed by atoms with Gasteiger partial charge in [0.25, 0.3) is 5.88 Å². The molecule has 0 radical (unpaired) electrons. The second kappa shape index (κ2) is 10.0. The van der Waals surface area contributed by atoms with Crippen LogP contribution in [0.5, 0.6) is 5.88 Å². The number of halogens is 1. The minimum Gasteiger partial charge on any atom is -0.471 e. The minimum absolute atomic E-state index is 0.0890. The molecule has 0 spiro atoms. The number of nitrogens with zero attached hydrogens (tertiary/aromatic N) is 4. The molecule has 1 aromatic heterocycles. The summed E-state index contributed by atoms with van der Waals surface area (Å²) in [5.41, 5.74) is 0.734. The predicted molar refractivity (Wildman–Crippen MR) is 112 cm³/mol. The fourth-order valence-corrected chi connectivity index (χ4v) is 3.83. The van der Waals surface area contributed by atoms with Crippen molar-refractivity contribution in [1.29, 1.82) is 0 Å².